The van der Waals surface area contributed by atoms with Crippen LogP contribution < -0.4 is 0 Å². The number of carbonyl (C=O) groups is 1. The number of hydrogen-bond donors (Lipinski definition) is 1. The highest BCUT2D eigenvalue weighted by Gasteiger charge is 2.61. The fourth-order valence-electron chi connectivity index (χ4n) is 12.7. The van der Waals surface area contributed by atoms with Crippen LogP contribution in [-0.4, -0.2) is 43.0 Å². The van der Waals surface area contributed by atoms with Gasteiger partial charge in [-0.25, -0.2) is 0 Å². The Morgan fingerprint density at radius 3 is 1.84 bits per heavy atom. The smallest absolute Gasteiger partial charge is 0.254 e. The van der Waals surface area contributed by atoms with Gasteiger partial charge in [0.05, 0.1) is 5.60 Å². The molecule has 8 aliphatic carbocycles. The van der Waals surface area contributed by atoms with Crippen molar-refractivity contribution in [3.63, 3.8) is 0 Å². The Kier molecular flexibility index (Phi) is 5.92. The van der Waals surface area contributed by atoms with Crippen molar-refractivity contribution in [1.29, 1.82) is 0 Å². The number of aliphatic hydroxyl groups is 1. The van der Waals surface area contributed by atoms with Crippen LogP contribution in [0.4, 0.5) is 0 Å². The Morgan fingerprint density at radius 1 is 0.744 bits per heavy atom. The number of amides is 1. The number of fused-ring (bicyclic) bond motifs is 2. The van der Waals surface area contributed by atoms with Crippen LogP contribution in [0.25, 0.3) is 0 Å². The second-order valence-corrected chi connectivity index (χ2v) is 16.9. The van der Waals surface area contributed by atoms with Gasteiger partial charge in [0.15, 0.2) is 0 Å². The number of nitrogens with zero attached hydrogens (tertiary/aromatic N) is 2. The summed E-state index contributed by atoms with van der Waals surface area (Å²) < 4.78 is 0. The summed E-state index contributed by atoms with van der Waals surface area (Å²) in [5, 5.41) is 10.9. The van der Waals surface area contributed by atoms with Crippen molar-refractivity contribution in [3.05, 3.63) is 70.8 Å². The van der Waals surface area contributed by atoms with Crippen LogP contribution in [0.2, 0.25) is 0 Å². The van der Waals surface area contributed by atoms with Gasteiger partial charge in [-0.15, -0.1) is 0 Å². The minimum Gasteiger partial charge on any atom is -0.390 e. The van der Waals surface area contributed by atoms with Gasteiger partial charge in [-0.3, -0.25) is 4.79 Å². The molecule has 2 aliphatic heterocycles. The van der Waals surface area contributed by atoms with Gasteiger partial charge in [0.1, 0.15) is 4.99 Å². The second kappa shape index (κ2) is 9.39. The summed E-state index contributed by atoms with van der Waals surface area (Å²) in [7, 11) is 0. The zero-order valence-electron chi connectivity index (χ0n) is 25.6. The maximum Gasteiger partial charge on any atom is 0.254 e. The van der Waals surface area contributed by atoms with Crippen LogP contribution >= 0.6 is 12.2 Å². The van der Waals surface area contributed by atoms with Crippen LogP contribution in [0.15, 0.2) is 48.5 Å². The van der Waals surface area contributed by atoms with Crippen LogP contribution in [0, 0.1) is 35.0 Å². The molecular weight excluding hydrogens is 548 g/mol. The molecule has 8 bridgehead atoms. The first-order valence-corrected chi connectivity index (χ1v) is 17.6. The van der Waals surface area contributed by atoms with Gasteiger partial charge in [0.2, 0.25) is 0 Å². The third-order valence-corrected chi connectivity index (χ3v) is 14.1. The molecule has 3 unspecified atom stereocenters. The molecule has 0 saturated heterocycles. The lowest BCUT2D eigenvalue weighted by molar-refractivity contribution is -0.167. The molecule has 1 N–H and O–H groups in total. The van der Waals surface area contributed by atoms with Crippen molar-refractivity contribution in [2.75, 3.05) is 0 Å². The zero-order chi connectivity index (χ0) is 29.1. The quantitative estimate of drug-likeness (QED) is 0.374. The first kappa shape index (κ1) is 27.1. The molecule has 8 fully saturated rings. The van der Waals surface area contributed by atoms with E-state index in [9.17, 15) is 9.90 Å². The average molecular weight is 595 g/mol. The fourth-order valence-corrected chi connectivity index (χ4v) is 13.2. The lowest BCUT2D eigenvalue weighted by Gasteiger charge is -2.62. The van der Waals surface area contributed by atoms with E-state index in [1.54, 1.807) is 0 Å². The maximum atomic E-state index is 12.9. The van der Waals surface area contributed by atoms with Gasteiger partial charge in [-0.2, -0.15) is 0 Å². The van der Waals surface area contributed by atoms with Crippen molar-refractivity contribution in [2.45, 2.75) is 114 Å². The number of thiocarbonyl (C=S) groups is 1. The summed E-state index contributed by atoms with van der Waals surface area (Å²) in [6, 6.07) is 17.4. The SMILES string of the molecule is CC(N1Cc2ccccc2C1=S)C12CC3CC(CC(C3)C1)C2.O=C1c2ccccc2CN1C12CC3CC(CC(O)(C3)C1)C2. The van der Waals surface area contributed by atoms with E-state index in [1.807, 2.05) is 18.2 Å². The van der Waals surface area contributed by atoms with Crippen LogP contribution in [0.1, 0.15) is 111 Å². The van der Waals surface area contributed by atoms with Crippen LogP contribution in [0.3, 0.4) is 0 Å². The summed E-state index contributed by atoms with van der Waals surface area (Å²) >= 11 is 5.85. The fraction of sp³-hybridized carbons (Fsp3) is 0.632. The van der Waals surface area contributed by atoms with Gasteiger partial charge < -0.3 is 14.9 Å². The lowest BCUT2D eigenvalue weighted by atomic mass is 9.47. The van der Waals surface area contributed by atoms with E-state index in [0.29, 0.717) is 23.3 Å². The van der Waals surface area contributed by atoms with E-state index in [-0.39, 0.29) is 11.4 Å². The van der Waals surface area contributed by atoms with E-state index in [1.165, 1.54) is 56.1 Å². The van der Waals surface area contributed by atoms with Crippen molar-refractivity contribution in [3.8, 4) is 0 Å². The van der Waals surface area contributed by atoms with Crippen molar-refractivity contribution < 1.29 is 9.90 Å². The van der Waals surface area contributed by atoms with Gasteiger partial charge in [-0.1, -0.05) is 54.7 Å². The number of hydrogen-bond acceptors (Lipinski definition) is 3. The van der Waals surface area contributed by atoms with Gasteiger partial charge in [0, 0.05) is 35.8 Å². The van der Waals surface area contributed by atoms with E-state index in [0.717, 1.165) is 79.1 Å². The van der Waals surface area contributed by atoms with E-state index in [4.69, 9.17) is 12.2 Å². The first-order valence-electron chi connectivity index (χ1n) is 17.2. The topological polar surface area (TPSA) is 43.8 Å². The molecule has 12 rings (SSSR count). The highest BCUT2D eigenvalue weighted by molar-refractivity contribution is 7.80. The van der Waals surface area contributed by atoms with Crippen molar-refractivity contribution in [1.82, 2.24) is 9.80 Å². The van der Waals surface area contributed by atoms with Gasteiger partial charge >= 0.3 is 0 Å². The predicted molar refractivity (Wildman–Crippen MR) is 172 cm³/mol. The predicted octanol–water partition coefficient (Wildman–Crippen LogP) is 7.51. The minimum atomic E-state index is -0.501. The van der Waals surface area contributed by atoms with Crippen LogP contribution in [0.5, 0.6) is 0 Å². The molecule has 3 atom stereocenters. The van der Waals surface area contributed by atoms with E-state index >= 15 is 0 Å². The monoisotopic (exact) mass is 594 g/mol. The van der Waals surface area contributed by atoms with E-state index in [2.05, 4.69) is 47.1 Å². The summed E-state index contributed by atoms with van der Waals surface area (Å²) in [4.78, 5) is 18.6. The van der Waals surface area contributed by atoms with Crippen molar-refractivity contribution in [2.24, 2.45) is 35.0 Å². The molecule has 10 aliphatic rings. The number of benzene rings is 2. The molecule has 5 heteroatoms. The molecule has 8 saturated carbocycles. The zero-order valence-corrected chi connectivity index (χ0v) is 26.5. The third-order valence-electron chi connectivity index (χ3n) is 13.7. The molecule has 4 nitrogen and oxygen atoms in total. The molecule has 2 aromatic rings. The largest absolute Gasteiger partial charge is 0.390 e. The third kappa shape index (κ3) is 4.16. The Hall–Kier alpha value is -2.24. The highest BCUT2D eigenvalue weighted by Crippen LogP contribution is 2.63. The number of carbonyl (C=O) groups excluding carboxylic acids is 1. The summed E-state index contributed by atoms with van der Waals surface area (Å²) in [6.45, 7) is 4.26. The summed E-state index contributed by atoms with van der Waals surface area (Å²) in [5.41, 5.74) is 4.76. The second-order valence-electron chi connectivity index (χ2n) is 16.5. The highest BCUT2D eigenvalue weighted by atomic mass is 32.1. The number of rotatable bonds is 3. The first-order chi connectivity index (χ1) is 20.7. The molecular formula is C38H46N2O2S. The molecule has 43 heavy (non-hydrogen) atoms. The van der Waals surface area contributed by atoms with Crippen LogP contribution in [-0.2, 0) is 13.1 Å². The van der Waals surface area contributed by atoms with Gasteiger partial charge in [-0.05, 0) is 136 Å². The molecule has 226 valence electrons. The minimum absolute atomic E-state index is 0.0745. The molecule has 0 aromatic heterocycles. The Bertz CT molecular complexity index is 1450. The molecule has 1 amide bonds. The molecule has 2 heterocycles. The molecule has 0 spiro atoms. The molecule has 0 radical (unpaired) electrons. The summed E-state index contributed by atoms with van der Waals surface area (Å²) in [5.74, 6) is 4.49. The standard InChI is InChI=1S/C20H25NS.C18H21NO2/c1-13(21-12-17-4-2-3-5-18(17)19(21)22)20-9-14-6-15(10-20)8-16(7-14)11-20;20-16-15-4-2-1-3-14(15)10-19(16)17-6-12-5-13(7-17)9-18(21,8-12)11-17/h2-5,13-16H,6-12H2,1H3;1-4,12-13,21H,5-11H2. The maximum absolute atomic E-state index is 12.9. The molecule has 2 aromatic carbocycles. The lowest BCUT2D eigenvalue weighted by Crippen LogP contribution is -2.65. The Balaban J connectivity index is 0.000000121. The van der Waals surface area contributed by atoms with Crippen molar-refractivity contribution >= 4 is 23.1 Å². The van der Waals surface area contributed by atoms with E-state index < -0.39 is 5.60 Å². The Morgan fingerprint density at radius 2 is 1.28 bits per heavy atom. The average Bonchev–Trinajstić information content (AvgIpc) is 3.48. The Labute approximate surface area is 262 Å². The normalized spacial score (nSPS) is 41.8. The van der Waals surface area contributed by atoms with Gasteiger partial charge in [0.25, 0.3) is 5.91 Å². The summed E-state index contributed by atoms with van der Waals surface area (Å²) in [6.07, 6.45) is 15.2.